The second-order valence-electron chi connectivity index (χ2n) is 5.64. The maximum absolute atomic E-state index is 12.8. The Hall–Kier alpha value is -1.59. The maximum atomic E-state index is 12.8. The quantitative estimate of drug-likeness (QED) is 0.503. The van der Waals surface area contributed by atoms with Crippen LogP contribution in [0, 0.1) is 0 Å². The number of para-hydroxylation sites is 1. The van der Waals surface area contributed by atoms with Gasteiger partial charge in [-0.05, 0) is 30.7 Å². The molecule has 2 aromatic carbocycles. The first-order valence-electron chi connectivity index (χ1n) is 7.45. The van der Waals surface area contributed by atoms with Crippen molar-refractivity contribution in [2.75, 3.05) is 0 Å². The van der Waals surface area contributed by atoms with E-state index in [0.717, 1.165) is 0 Å². The van der Waals surface area contributed by atoms with Gasteiger partial charge in [-0.25, -0.2) is 4.79 Å². The summed E-state index contributed by atoms with van der Waals surface area (Å²) < 4.78 is 5.29. The molecule has 0 fully saturated rings. The van der Waals surface area contributed by atoms with Crippen LogP contribution in [-0.4, -0.2) is 5.78 Å². The standard InChI is InChI=1S/C19H15ClO4.Na/c1-11(21)10-15(12-6-8-13(20)9-7-12)17-18(22)14-4-2-3-5-16(14)24-19(17)23;/h2-9,15,22H,10H2,1H3;/q;+1/p-1. The second kappa shape index (κ2) is 8.19. The topological polar surface area (TPSA) is 70.3 Å². The molecule has 25 heavy (non-hydrogen) atoms. The molecule has 3 aromatic rings. The molecule has 0 bridgehead atoms. The van der Waals surface area contributed by atoms with Gasteiger partial charge in [0, 0.05) is 28.3 Å². The molecule has 0 amide bonds. The van der Waals surface area contributed by atoms with Crippen LogP contribution >= 0.6 is 11.6 Å². The second-order valence-corrected chi connectivity index (χ2v) is 6.08. The van der Waals surface area contributed by atoms with Crippen LogP contribution in [0.3, 0.4) is 0 Å². The molecule has 0 spiro atoms. The van der Waals surface area contributed by atoms with Gasteiger partial charge in [0.1, 0.15) is 11.4 Å². The molecule has 1 unspecified atom stereocenters. The van der Waals surface area contributed by atoms with Crippen molar-refractivity contribution in [2.45, 2.75) is 19.3 Å². The average molecular weight is 365 g/mol. The Bertz CT molecular complexity index is 963. The van der Waals surface area contributed by atoms with Gasteiger partial charge in [0.05, 0.1) is 0 Å². The van der Waals surface area contributed by atoms with E-state index >= 15 is 0 Å². The SMILES string of the molecule is CC(=O)CC(c1ccc(Cl)cc1)c1c([O-])c2ccccc2oc1=O.[Na+]. The van der Waals surface area contributed by atoms with Gasteiger partial charge in [-0.1, -0.05) is 47.7 Å². The van der Waals surface area contributed by atoms with E-state index in [1.165, 1.54) is 6.92 Å². The van der Waals surface area contributed by atoms with Crippen molar-refractivity contribution >= 4 is 28.4 Å². The molecule has 0 radical (unpaired) electrons. The summed E-state index contributed by atoms with van der Waals surface area (Å²) in [5.41, 5.74) is 0.189. The predicted molar refractivity (Wildman–Crippen MR) is 90.5 cm³/mol. The van der Waals surface area contributed by atoms with Gasteiger partial charge in [0.15, 0.2) is 0 Å². The molecular weight excluding hydrogens is 351 g/mol. The fourth-order valence-corrected chi connectivity index (χ4v) is 2.93. The number of halogens is 1. The molecule has 1 aromatic heterocycles. The summed E-state index contributed by atoms with van der Waals surface area (Å²) in [4.78, 5) is 24.1. The number of carbonyl (C=O) groups excluding carboxylic acids is 1. The number of Topliss-reactive ketones (excluding diaryl/α,β-unsaturated/α-hetero) is 1. The minimum Gasteiger partial charge on any atom is -0.872 e. The zero-order valence-corrected chi connectivity index (χ0v) is 16.7. The Morgan fingerprint density at radius 1 is 1.16 bits per heavy atom. The van der Waals surface area contributed by atoms with Crippen molar-refractivity contribution in [3.8, 4) is 5.75 Å². The summed E-state index contributed by atoms with van der Waals surface area (Å²) in [6, 6.07) is 13.3. The largest absolute Gasteiger partial charge is 1.00 e. The summed E-state index contributed by atoms with van der Waals surface area (Å²) in [6.07, 6.45) is 0.0416. The monoisotopic (exact) mass is 364 g/mol. The third-order valence-electron chi connectivity index (χ3n) is 3.91. The smallest absolute Gasteiger partial charge is 0.872 e. The minimum absolute atomic E-state index is 0. The van der Waals surface area contributed by atoms with E-state index in [1.54, 1.807) is 48.5 Å². The van der Waals surface area contributed by atoms with Gasteiger partial charge >= 0.3 is 35.2 Å². The zero-order chi connectivity index (χ0) is 17.3. The molecule has 0 saturated heterocycles. The Balaban J connectivity index is 0.00000225. The number of ketones is 1. The van der Waals surface area contributed by atoms with E-state index in [4.69, 9.17) is 16.0 Å². The molecular formula is C19H14ClNaO4. The van der Waals surface area contributed by atoms with Crippen LogP contribution in [0.1, 0.15) is 30.4 Å². The Morgan fingerprint density at radius 2 is 1.80 bits per heavy atom. The van der Waals surface area contributed by atoms with Gasteiger partial charge in [0.25, 0.3) is 0 Å². The van der Waals surface area contributed by atoms with Crippen LogP contribution in [0.25, 0.3) is 11.0 Å². The molecule has 0 N–H and O–H groups in total. The van der Waals surface area contributed by atoms with E-state index in [0.29, 0.717) is 16.0 Å². The summed E-state index contributed by atoms with van der Waals surface area (Å²) in [5, 5.41) is 13.7. The summed E-state index contributed by atoms with van der Waals surface area (Å²) in [6.45, 7) is 1.43. The van der Waals surface area contributed by atoms with Crippen molar-refractivity contribution in [1.82, 2.24) is 0 Å². The maximum Gasteiger partial charge on any atom is 1.00 e. The number of carbonyl (C=O) groups is 1. The number of hydrogen-bond donors (Lipinski definition) is 0. The summed E-state index contributed by atoms with van der Waals surface area (Å²) >= 11 is 5.90. The van der Waals surface area contributed by atoms with E-state index in [9.17, 15) is 14.7 Å². The predicted octanol–water partition coefficient (Wildman–Crippen LogP) is 0.635. The van der Waals surface area contributed by atoms with Crippen LogP contribution < -0.4 is 40.3 Å². The molecule has 3 rings (SSSR count). The first-order valence-corrected chi connectivity index (χ1v) is 7.83. The summed E-state index contributed by atoms with van der Waals surface area (Å²) in [5.74, 6) is -1.18. The van der Waals surface area contributed by atoms with Crippen molar-refractivity contribution in [2.24, 2.45) is 0 Å². The van der Waals surface area contributed by atoms with Gasteiger partial charge in [-0.3, -0.25) is 4.79 Å². The molecule has 0 aliphatic rings. The van der Waals surface area contributed by atoms with Crippen LogP contribution in [0.4, 0.5) is 0 Å². The van der Waals surface area contributed by atoms with Crippen molar-refractivity contribution < 1.29 is 43.9 Å². The third-order valence-corrected chi connectivity index (χ3v) is 4.16. The molecule has 0 saturated carbocycles. The molecule has 122 valence electrons. The van der Waals surface area contributed by atoms with E-state index in [-0.39, 0.29) is 52.9 Å². The fourth-order valence-electron chi connectivity index (χ4n) is 2.81. The number of rotatable bonds is 4. The van der Waals surface area contributed by atoms with E-state index < -0.39 is 17.3 Å². The van der Waals surface area contributed by atoms with Crippen LogP contribution in [0.15, 0.2) is 57.7 Å². The summed E-state index contributed by atoms with van der Waals surface area (Å²) in [7, 11) is 0. The van der Waals surface area contributed by atoms with Crippen LogP contribution in [-0.2, 0) is 4.79 Å². The number of fused-ring (bicyclic) bond motifs is 1. The zero-order valence-electron chi connectivity index (χ0n) is 13.9. The van der Waals surface area contributed by atoms with E-state index in [1.807, 2.05) is 0 Å². The number of benzene rings is 2. The van der Waals surface area contributed by atoms with Crippen LogP contribution in [0.5, 0.6) is 5.75 Å². The molecule has 4 nitrogen and oxygen atoms in total. The van der Waals surface area contributed by atoms with Gasteiger partial charge in [0.2, 0.25) is 0 Å². The third kappa shape index (κ3) is 4.15. The minimum atomic E-state index is -0.708. The van der Waals surface area contributed by atoms with Gasteiger partial charge < -0.3 is 9.52 Å². The van der Waals surface area contributed by atoms with Crippen LogP contribution in [0.2, 0.25) is 5.02 Å². The first kappa shape index (κ1) is 19.7. The Labute approximate surface area is 171 Å². The molecule has 6 heteroatoms. The van der Waals surface area contributed by atoms with Gasteiger partial charge in [-0.2, -0.15) is 0 Å². The molecule has 1 heterocycles. The van der Waals surface area contributed by atoms with Gasteiger partial charge in [-0.15, -0.1) is 0 Å². The normalized spacial score (nSPS) is 11.8. The molecule has 1 atom stereocenters. The first-order chi connectivity index (χ1) is 11.5. The van der Waals surface area contributed by atoms with Crippen molar-refractivity contribution in [1.29, 1.82) is 0 Å². The number of hydrogen-bond acceptors (Lipinski definition) is 4. The molecule has 0 aliphatic carbocycles. The Kier molecular flexibility index (Phi) is 6.47. The van der Waals surface area contributed by atoms with E-state index in [2.05, 4.69) is 0 Å². The van der Waals surface area contributed by atoms with Crippen molar-refractivity contribution in [3.63, 3.8) is 0 Å². The molecule has 0 aliphatic heterocycles. The fraction of sp³-hybridized carbons (Fsp3) is 0.158. The average Bonchev–Trinajstić information content (AvgIpc) is 2.54. The Morgan fingerprint density at radius 3 is 2.44 bits per heavy atom. The van der Waals surface area contributed by atoms with Crippen molar-refractivity contribution in [3.05, 3.63) is 75.1 Å².